The van der Waals surface area contributed by atoms with Crippen LogP contribution in [0.3, 0.4) is 0 Å². The van der Waals surface area contributed by atoms with Crippen LogP contribution in [0, 0.1) is 13.8 Å². The molecule has 0 saturated carbocycles. The first-order valence-electron chi connectivity index (χ1n) is 8.05. The molecule has 1 aliphatic rings. The normalized spacial score (nSPS) is 17.5. The molecule has 1 amide bonds. The number of amides is 1. The third kappa shape index (κ3) is 2.56. The van der Waals surface area contributed by atoms with Crippen molar-refractivity contribution in [3.8, 4) is 0 Å². The van der Waals surface area contributed by atoms with Gasteiger partial charge in [-0.3, -0.25) is 9.89 Å². The fourth-order valence-electron chi connectivity index (χ4n) is 2.96. The highest BCUT2D eigenvalue weighted by molar-refractivity contribution is 6.02. The Balaban J connectivity index is 1.55. The maximum absolute atomic E-state index is 12.4. The lowest BCUT2D eigenvalue weighted by molar-refractivity contribution is 0.102. The van der Waals surface area contributed by atoms with E-state index in [2.05, 4.69) is 20.5 Å². The van der Waals surface area contributed by atoms with E-state index in [-0.39, 0.29) is 12.0 Å². The second-order valence-corrected chi connectivity index (χ2v) is 6.15. The molecule has 0 aromatic carbocycles. The molecular formula is C17H19N5O2. The number of rotatable bonds is 3. The van der Waals surface area contributed by atoms with Crippen molar-refractivity contribution in [2.75, 3.05) is 11.9 Å². The largest absolute Gasteiger partial charge is 0.372 e. The number of hydrogen-bond donors (Lipinski definition) is 2. The summed E-state index contributed by atoms with van der Waals surface area (Å²) in [6.45, 7) is 4.80. The summed E-state index contributed by atoms with van der Waals surface area (Å²) in [4.78, 5) is 16.9. The number of aromatic nitrogens is 4. The zero-order chi connectivity index (χ0) is 16.7. The summed E-state index contributed by atoms with van der Waals surface area (Å²) in [6.07, 6.45) is 5.70. The van der Waals surface area contributed by atoms with Gasteiger partial charge in [0.15, 0.2) is 5.82 Å². The fourth-order valence-corrected chi connectivity index (χ4v) is 2.96. The number of aromatic amines is 1. The molecule has 0 aliphatic carbocycles. The Morgan fingerprint density at radius 3 is 3.12 bits per heavy atom. The molecule has 1 fully saturated rings. The molecule has 7 nitrogen and oxygen atoms in total. The fraction of sp³-hybridized carbons (Fsp3) is 0.353. The van der Waals surface area contributed by atoms with Crippen molar-refractivity contribution < 1.29 is 9.53 Å². The number of anilines is 1. The first-order valence-corrected chi connectivity index (χ1v) is 8.05. The predicted molar refractivity (Wildman–Crippen MR) is 89.1 cm³/mol. The summed E-state index contributed by atoms with van der Waals surface area (Å²) in [7, 11) is 0. The number of nitrogens with zero attached hydrogens (tertiary/aromatic N) is 3. The molecule has 3 aromatic heterocycles. The number of carbonyl (C=O) groups is 1. The van der Waals surface area contributed by atoms with Crippen molar-refractivity contribution in [2.24, 2.45) is 0 Å². The van der Waals surface area contributed by atoms with Crippen LogP contribution in [0.15, 0.2) is 24.5 Å². The molecule has 7 heteroatoms. The van der Waals surface area contributed by atoms with Crippen LogP contribution in [0.4, 0.5) is 5.82 Å². The van der Waals surface area contributed by atoms with Crippen molar-refractivity contribution in [2.45, 2.75) is 32.8 Å². The second kappa shape index (κ2) is 5.76. The molecule has 0 spiro atoms. The monoisotopic (exact) mass is 325 g/mol. The lowest BCUT2D eigenvalue weighted by atomic mass is 10.2. The van der Waals surface area contributed by atoms with Gasteiger partial charge < -0.3 is 14.5 Å². The van der Waals surface area contributed by atoms with E-state index < -0.39 is 0 Å². The van der Waals surface area contributed by atoms with Gasteiger partial charge in [-0.15, -0.1) is 0 Å². The number of nitrogens with one attached hydrogen (secondary N) is 2. The highest BCUT2D eigenvalue weighted by Crippen LogP contribution is 2.28. The summed E-state index contributed by atoms with van der Waals surface area (Å²) in [5.41, 5.74) is 4.27. The minimum atomic E-state index is -0.277. The van der Waals surface area contributed by atoms with Crippen LogP contribution in [0.1, 0.15) is 46.3 Å². The van der Waals surface area contributed by atoms with Crippen molar-refractivity contribution in [3.63, 3.8) is 0 Å². The Labute approximate surface area is 139 Å². The minimum absolute atomic E-state index is 0.0453. The van der Waals surface area contributed by atoms with E-state index in [0.717, 1.165) is 41.9 Å². The maximum Gasteiger partial charge on any atom is 0.277 e. The molecule has 3 aromatic rings. The number of pyridine rings is 1. The second-order valence-electron chi connectivity index (χ2n) is 6.15. The third-order valence-corrected chi connectivity index (χ3v) is 4.49. The summed E-state index contributed by atoms with van der Waals surface area (Å²) < 4.78 is 7.47. The number of aryl methyl sites for hydroxylation is 2. The van der Waals surface area contributed by atoms with Crippen molar-refractivity contribution in [1.29, 1.82) is 0 Å². The molecule has 1 saturated heterocycles. The average Bonchev–Trinajstić information content (AvgIpc) is 3.29. The maximum atomic E-state index is 12.4. The van der Waals surface area contributed by atoms with E-state index in [1.165, 1.54) is 0 Å². The summed E-state index contributed by atoms with van der Waals surface area (Å²) >= 11 is 0. The molecule has 124 valence electrons. The summed E-state index contributed by atoms with van der Waals surface area (Å²) in [5, 5.41) is 9.86. The van der Waals surface area contributed by atoms with Gasteiger partial charge in [0, 0.05) is 25.1 Å². The first kappa shape index (κ1) is 14.9. The molecule has 2 N–H and O–H groups in total. The van der Waals surface area contributed by atoms with Gasteiger partial charge in [-0.2, -0.15) is 5.10 Å². The van der Waals surface area contributed by atoms with Gasteiger partial charge in [0.2, 0.25) is 0 Å². The van der Waals surface area contributed by atoms with Gasteiger partial charge in [0.05, 0.1) is 11.8 Å². The van der Waals surface area contributed by atoms with Gasteiger partial charge in [-0.05, 0) is 43.9 Å². The number of ether oxygens (including phenoxy) is 1. The Bertz CT molecular complexity index is 905. The van der Waals surface area contributed by atoms with Gasteiger partial charge in [0.25, 0.3) is 5.91 Å². The summed E-state index contributed by atoms with van der Waals surface area (Å²) in [5.74, 6) is 0.205. The number of hydrogen-bond acceptors (Lipinski definition) is 4. The van der Waals surface area contributed by atoms with E-state index in [1.807, 2.05) is 36.6 Å². The summed E-state index contributed by atoms with van der Waals surface area (Å²) in [6, 6.07) is 3.83. The van der Waals surface area contributed by atoms with Crippen molar-refractivity contribution in [1.82, 2.24) is 19.6 Å². The predicted octanol–water partition coefficient (Wildman–Crippen LogP) is 2.78. The molecule has 1 atom stereocenters. The number of imidazole rings is 1. The van der Waals surface area contributed by atoms with Crippen LogP contribution in [0.25, 0.3) is 5.65 Å². The van der Waals surface area contributed by atoms with Crippen LogP contribution in [0.2, 0.25) is 0 Å². The van der Waals surface area contributed by atoms with Crippen LogP contribution in [0.5, 0.6) is 0 Å². The number of fused-ring (bicyclic) bond motifs is 1. The Kier molecular flexibility index (Phi) is 3.57. The first-order chi connectivity index (χ1) is 11.6. The highest BCUT2D eigenvalue weighted by Gasteiger charge is 2.21. The quantitative estimate of drug-likeness (QED) is 0.775. The molecule has 4 rings (SSSR count). The Hall–Kier alpha value is -2.67. The average molecular weight is 325 g/mol. The standard InChI is InChI=1S/C17H19N5O2/c1-10-5-6-22-9-13(18-16(22)11(10)2)17(23)19-15-8-12(20-21-15)14-4-3-7-24-14/h5-6,8-9,14H,3-4,7H2,1-2H3,(H2,19,20,21,23). The highest BCUT2D eigenvalue weighted by atomic mass is 16.5. The van der Waals surface area contributed by atoms with Gasteiger partial charge in [0.1, 0.15) is 11.3 Å². The lowest BCUT2D eigenvalue weighted by Gasteiger charge is -2.04. The molecule has 1 aliphatic heterocycles. The molecule has 0 radical (unpaired) electrons. The third-order valence-electron chi connectivity index (χ3n) is 4.49. The van der Waals surface area contributed by atoms with Crippen molar-refractivity contribution >= 4 is 17.4 Å². The lowest BCUT2D eigenvalue weighted by Crippen LogP contribution is -2.12. The van der Waals surface area contributed by atoms with Gasteiger partial charge in [-0.25, -0.2) is 4.98 Å². The van der Waals surface area contributed by atoms with Crippen LogP contribution in [-0.4, -0.2) is 32.1 Å². The number of carbonyl (C=O) groups excluding carboxylic acids is 1. The van der Waals surface area contributed by atoms with E-state index >= 15 is 0 Å². The SMILES string of the molecule is Cc1ccn2cc(C(=O)Nc3cc(C4CCCO4)[nH]n3)nc2c1C. The van der Waals surface area contributed by atoms with Crippen molar-refractivity contribution in [3.05, 3.63) is 47.0 Å². The molecule has 1 unspecified atom stereocenters. The number of H-pyrrole nitrogens is 1. The smallest absolute Gasteiger partial charge is 0.277 e. The van der Waals surface area contributed by atoms with E-state index in [9.17, 15) is 4.79 Å². The Morgan fingerprint density at radius 2 is 2.33 bits per heavy atom. The van der Waals surface area contributed by atoms with Crippen LogP contribution < -0.4 is 5.32 Å². The zero-order valence-corrected chi connectivity index (χ0v) is 13.7. The van der Waals surface area contributed by atoms with Crippen LogP contribution in [-0.2, 0) is 4.74 Å². The molecule has 4 heterocycles. The topological polar surface area (TPSA) is 84.3 Å². The zero-order valence-electron chi connectivity index (χ0n) is 13.7. The van der Waals surface area contributed by atoms with Gasteiger partial charge >= 0.3 is 0 Å². The molecule has 24 heavy (non-hydrogen) atoms. The van der Waals surface area contributed by atoms with E-state index in [1.54, 1.807) is 6.20 Å². The Morgan fingerprint density at radius 1 is 1.46 bits per heavy atom. The molecule has 0 bridgehead atoms. The van der Waals surface area contributed by atoms with Gasteiger partial charge in [-0.1, -0.05) is 0 Å². The van der Waals surface area contributed by atoms with Crippen LogP contribution >= 0.6 is 0 Å². The minimum Gasteiger partial charge on any atom is -0.372 e. The van der Waals surface area contributed by atoms with E-state index in [0.29, 0.717) is 11.5 Å². The molecular weight excluding hydrogens is 306 g/mol. The van der Waals surface area contributed by atoms with E-state index in [4.69, 9.17) is 4.74 Å².